The second kappa shape index (κ2) is 8.83. The van der Waals surface area contributed by atoms with Gasteiger partial charge in [0.15, 0.2) is 0 Å². The molecule has 0 fully saturated rings. The van der Waals surface area contributed by atoms with Crippen molar-refractivity contribution in [2.75, 3.05) is 5.32 Å². The molecule has 1 amide bonds. The van der Waals surface area contributed by atoms with Gasteiger partial charge in [-0.05, 0) is 79.9 Å². The lowest BCUT2D eigenvalue weighted by Crippen LogP contribution is -2.13. The van der Waals surface area contributed by atoms with E-state index in [0.717, 1.165) is 39.3 Å². The summed E-state index contributed by atoms with van der Waals surface area (Å²) in [5.74, 6) is 0.518. The van der Waals surface area contributed by atoms with E-state index in [1.54, 1.807) is 30.5 Å². The van der Waals surface area contributed by atoms with Crippen molar-refractivity contribution in [3.63, 3.8) is 0 Å². The van der Waals surface area contributed by atoms with E-state index in [1.165, 1.54) is 0 Å². The van der Waals surface area contributed by atoms with Gasteiger partial charge in [0.25, 0.3) is 5.91 Å². The van der Waals surface area contributed by atoms with Crippen LogP contribution in [0, 0.1) is 20.8 Å². The van der Waals surface area contributed by atoms with Crippen LogP contribution < -0.4 is 10.1 Å². The number of amides is 1. The fourth-order valence-corrected chi connectivity index (χ4v) is 3.44. The molecule has 4 rings (SSSR count). The summed E-state index contributed by atoms with van der Waals surface area (Å²) in [5, 5.41) is 10.1. The molecule has 0 saturated heterocycles. The SMILES string of the molecule is Cc1cc(C)c(-c2cn[nH]c2C)cc1NC(=O)c1ccc(OCc2ccccn2)cc1. The van der Waals surface area contributed by atoms with E-state index < -0.39 is 0 Å². The minimum atomic E-state index is -0.168. The molecule has 0 aliphatic rings. The summed E-state index contributed by atoms with van der Waals surface area (Å²) < 4.78 is 5.74. The highest BCUT2D eigenvalue weighted by molar-refractivity contribution is 6.05. The molecule has 2 heterocycles. The number of carbonyl (C=O) groups is 1. The lowest BCUT2D eigenvalue weighted by atomic mass is 9.98. The minimum Gasteiger partial charge on any atom is -0.487 e. The summed E-state index contributed by atoms with van der Waals surface area (Å²) in [6.45, 7) is 6.41. The van der Waals surface area contributed by atoms with Crippen LogP contribution in [0.15, 0.2) is 67.0 Å². The topological polar surface area (TPSA) is 79.9 Å². The molecule has 2 aromatic carbocycles. The van der Waals surface area contributed by atoms with E-state index in [9.17, 15) is 4.79 Å². The molecule has 0 radical (unpaired) electrons. The van der Waals surface area contributed by atoms with Crippen molar-refractivity contribution in [2.24, 2.45) is 0 Å². The first-order valence-electron chi connectivity index (χ1n) is 10.1. The Hall–Kier alpha value is -3.93. The number of rotatable bonds is 6. The van der Waals surface area contributed by atoms with Crippen LogP contribution in [0.5, 0.6) is 5.75 Å². The summed E-state index contributed by atoms with van der Waals surface area (Å²) in [6, 6.07) is 16.9. The van der Waals surface area contributed by atoms with Crippen molar-refractivity contribution in [3.05, 3.63) is 95.1 Å². The molecular formula is C25H24N4O2. The van der Waals surface area contributed by atoms with Crippen LogP contribution >= 0.6 is 0 Å². The van der Waals surface area contributed by atoms with Crippen LogP contribution in [0.2, 0.25) is 0 Å². The maximum atomic E-state index is 12.8. The van der Waals surface area contributed by atoms with Gasteiger partial charge in [-0.1, -0.05) is 12.1 Å². The molecule has 6 nitrogen and oxygen atoms in total. The Morgan fingerprint density at radius 3 is 2.48 bits per heavy atom. The smallest absolute Gasteiger partial charge is 0.255 e. The van der Waals surface area contributed by atoms with Gasteiger partial charge in [0, 0.05) is 28.7 Å². The number of benzene rings is 2. The highest BCUT2D eigenvalue weighted by Crippen LogP contribution is 2.30. The number of nitrogens with one attached hydrogen (secondary N) is 2. The highest BCUT2D eigenvalue weighted by atomic mass is 16.5. The van der Waals surface area contributed by atoms with Gasteiger partial charge < -0.3 is 10.1 Å². The number of hydrogen-bond donors (Lipinski definition) is 2. The Labute approximate surface area is 181 Å². The van der Waals surface area contributed by atoms with Crippen molar-refractivity contribution in [3.8, 4) is 16.9 Å². The average molecular weight is 412 g/mol. The highest BCUT2D eigenvalue weighted by Gasteiger charge is 2.13. The molecule has 0 unspecified atom stereocenters. The van der Waals surface area contributed by atoms with Crippen molar-refractivity contribution in [2.45, 2.75) is 27.4 Å². The van der Waals surface area contributed by atoms with Gasteiger partial charge in [-0.3, -0.25) is 14.9 Å². The second-order valence-corrected chi connectivity index (χ2v) is 7.48. The van der Waals surface area contributed by atoms with Gasteiger partial charge in [-0.25, -0.2) is 0 Å². The van der Waals surface area contributed by atoms with Crippen LogP contribution in [0.4, 0.5) is 5.69 Å². The lowest BCUT2D eigenvalue weighted by molar-refractivity contribution is 0.102. The number of aromatic amines is 1. The van der Waals surface area contributed by atoms with Crippen LogP contribution in [-0.2, 0) is 6.61 Å². The standard InChI is InChI=1S/C25H24N4O2/c1-16-12-17(2)24(13-22(16)23-14-27-29-18(23)3)28-25(30)19-7-9-21(10-8-19)31-15-20-6-4-5-11-26-20/h4-14H,15H2,1-3H3,(H,27,29)(H,28,30). The van der Waals surface area contributed by atoms with Crippen molar-refractivity contribution in [1.29, 1.82) is 0 Å². The fraction of sp³-hybridized carbons (Fsp3) is 0.160. The van der Waals surface area contributed by atoms with Crippen LogP contribution in [0.1, 0.15) is 32.9 Å². The molecule has 0 atom stereocenters. The van der Waals surface area contributed by atoms with Crippen molar-refractivity contribution < 1.29 is 9.53 Å². The van der Waals surface area contributed by atoms with E-state index in [4.69, 9.17) is 4.74 Å². The average Bonchev–Trinajstić information content (AvgIpc) is 3.20. The Kier molecular flexibility index (Phi) is 5.80. The first-order chi connectivity index (χ1) is 15.0. The fourth-order valence-electron chi connectivity index (χ4n) is 3.44. The molecule has 0 spiro atoms. The molecule has 0 bridgehead atoms. The van der Waals surface area contributed by atoms with Gasteiger partial charge in [-0.15, -0.1) is 0 Å². The number of aromatic nitrogens is 3. The third-order valence-electron chi connectivity index (χ3n) is 5.17. The van der Waals surface area contributed by atoms with Gasteiger partial charge in [-0.2, -0.15) is 5.10 Å². The van der Waals surface area contributed by atoms with E-state index in [0.29, 0.717) is 17.9 Å². The van der Waals surface area contributed by atoms with E-state index in [1.807, 2.05) is 44.3 Å². The third kappa shape index (κ3) is 4.64. The summed E-state index contributed by atoms with van der Waals surface area (Å²) >= 11 is 0. The number of anilines is 1. The number of pyridine rings is 1. The Morgan fingerprint density at radius 2 is 1.81 bits per heavy atom. The maximum Gasteiger partial charge on any atom is 0.255 e. The maximum absolute atomic E-state index is 12.8. The summed E-state index contributed by atoms with van der Waals surface area (Å²) in [5.41, 5.74) is 7.40. The van der Waals surface area contributed by atoms with E-state index in [2.05, 4.69) is 33.5 Å². The van der Waals surface area contributed by atoms with Gasteiger partial charge in [0.1, 0.15) is 12.4 Å². The van der Waals surface area contributed by atoms with Gasteiger partial charge in [0.05, 0.1) is 11.9 Å². The Bertz CT molecular complexity index is 1200. The first-order valence-corrected chi connectivity index (χ1v) is 10.1. The molecule has 4 aromatic rings. The molecule has 6 heteroatoms. The number of ether oxygens (including phenoxy) is 1. The largest absolute Gasteiger partial charge is 0.487 e. The Morgan fingerprint density at radius 1 is 1.00 bits per heavy atom. The second-order valence-electron chi connectivity index (χ2n) is 7.48. The molecule has 156 valence electrons. The van der Waals surface area contributed by atoms with E-state index in [-0.39, 0.29) is 5.91 Å². The third-order valence-corrected chi connectivity index (χ3v) is 5.17. The normalized spacial score (nSPS) is 10.7. The zero-order valence-electron chi connectivity index (χ0n) is 17.8. The van der Waals surface area contributed by atoms with Gasteiger partial charge >= 0.3 is 0 Å². The first kappa shape index (κ1) is 20.3. The summed E-state index contributed by atoms with van der Waals surface area (Å²) in [6.07, 6.45) is 3.54. The number of carbonyl (C=O) groups excluding carboxylic acids is 1. The molecule has 2 aromatic heterocycles. The molecule has 0 aliphatic heterocycles. The van der Waals surface area contributed by atoms with Crippen LogP contribution in [0.25, 0.3) is 11.1 Å². The number of hydrogen-bond acceptors (Lipinski definition) is 4. The number of aryl methyl sites for hydroxylation is 3. The minimum absolute atomic E-state index is 0.168. The molecule has 0 saturated carbocycles. The number of nitrogens with zero attached hydrogens (tertiary/aromatic N) is 2. The zero-order chi connectivity index (χ0) is 21.8. The monoisotopic (exact) mass is 412 g/mol. The molecule has 2 N–H and O–H groups in total. The van der Waals surface area contributed by atoms with Gasteiger partial charge in [0.2, 0.25) is 0 Å². The molecular weight excluding hydrogens is 388 g/mol. The summed E-state index contributed by atoms with van der Waals surface area (Å²) in [4.78, 5) is 17.1. The van der Waals surface area contributed by atoms with Crippen molar-refractivity contribution >= 4 is 11.6 Å². The summed E-state index contributed by atoms with van der Waals surface area (Å²) in [7, 11) is 0. The Balaban J connectivity index is 1.47. The van der Waals surface area contributed by atoms with Crippen LogP contribution in [0.3, 0.4) is 0 Å². The molecule has 0 aliphatic carbocycles. The van der Waals surface area contributed by atoms with Crippen LogP contribution in [-0.4, -0.2) is 21.1 Å². The van der Waals surface area contributed by atoms with E-state index >= 15 is 0 Å². The lowest BCUT2D eigenvalue weighted by Gasteiger charge is -2.14. The predicted octanol–water partition coefficient (Wildman–Crippen LogP) is 5.23. The quantitative estimate of drug-likeness (QED) is 0.455. The van der Waals surface area contributed by atoms with Crippen molar-refractivity contribution in [1.82, 2.24) is 15.2 Å². The zero-order valence-corrected chi connectivity index (χ0v) is 17.8. The molecule has 31 heavy (non-hydrogen) atoms. The predicted molar refractivity (Wildman–Crippen MR) is 121 cm³/mol. The number of H-pyrrole nitrogens is 1.